The quantitative estimate of drug-likeness (QED) is 0.549. The number of nitrogens with one attached hydrogen (secondary N) is 1. The van der Waals surface area contributed by atoms with Gasteiger partial charge < -0.3 is 9.88 Å². The summed E-state index contributed by atoms with van der Waals surface area (Å²) in [5, 5.41) is 10.7. The van der Waals surface area contributed by atoms with Gasteiger partial charge in [0.05, 0.1) is 6.07 Å². The lowest BCUT2D eigenvalue weighted by molar-refractivity contribution is -0.133. The molecule has 2 atom stereocenters. The molecule has 1 aromatic carbocycles. The fraction of sp³-hybridized carbons (Fsp3) is 0.333. The van der Waals surface area contributed by atoms with Crippen LogP contribution >= 0.6 is 0 Å². The third-order valence-electron chi connectivity index (χ3n) is 6.75. The molecule has 7 nitrogen and oxygen atoms in total. The maximum absolute atomic E-state index is 13.2. The highest BCUT2D eigenvalue weighted by atomic mass is 16.2. The van der Waals surface area contributed by atoms with Crippen LogP contribution in [-0.2, 0) is 16.0 Å². The fourth-order valence-corrected chi connectivity index (χ4v) is 4.80. The van der Waals surface area contributed by atoms with Crippen molar-refractivity contribution in [3.63, 3.8) is 0 Å². The lowest BCUT2D eigenvalue weighted by Gasteiger charge is -2.33. The van der Waals surface area contributed by atoms with Crippen LogP contribution in [-0.4, -0.2) is 46.3 Å². The number of hydrogen-bond donors (Lipinski definition) is 1. The van der Waals surface area contributed by atoms with Crippen molar-refractivity contribution in [1.29, 1.82) is 5.26 Å². The third-order valence-corrected chi connectivity index (χ3v) is 6.75. The van der Waals surface area contributed by atoms with Crippen LogP contribution in [0, 0.1) is 23.2 Å². The first-order chi connectivity index (χ1) is 16.6. The molecule has 34 heavy (non-hydrogen) atoms. The summed E-state index contributed by atoms with van der Waals surface area (Å²) in [5.74, 6) is -0.0982. The first-order valence-electron chi connectivity index (χ1n) is 11.7. The van der Waals surface area contributed by atoms with Crippen molar-refractivity contribution < 1.29 is 9.59 Å². The number of aromatic nitrogens is 2. The van der Waals surface area contributed by atoms with Gasteiger partial charge in [0.2, 0.25) is 12.3 Å². The molecule has 7 heteroatoms. The predicted molar refractivity (Wildman–Crippen MR) is 131 cm³/mol. The number of nitrogens with zero attached hydrogens (tertiary/aromatic N) is 4. The Morgan fingerprint density at radius 1 is 1.32 bits per heavy atom. The van der Waals surface area contributed by atoms with Gasteiger partial charge in [-0.05, 0) is 54.0 Å². The number of benzene rings is 1. The van der Waals surface area contributed by atoms with Gasteiger partial charge in [-0.15, -0.1) is 0 Å². The molecular formula is C27H27N5O2. The number of H-pyrrole nitrogens is 1. The van der Waals surface area contributed by atoms with E-state index in [1.165, 1.54) is 0 Å². The Hall–Kier alpha value is -3.92. The molecule has 0 saturated heterocycles. The van der Waals surface area contributed by atoms with E-state index < -0.39 is 5.92 Å². The highest BCUT2D eigenvalue weighted by molar-refractivity contribution is 5.94. The minimum Gasteiger partial charge on any atom is -0.346 e. The van der Waals surface area contributed by atoms with Gasteiger partial charge in [-0.3, -0.25) is 14.5 Å². The maximum atomic E-state index is 13.2. The van der Waals surface area contributed by atoms with Gasteiger partial charge in [0.15, 0.2) is 0 Å². The van der Waals surface area contributed by atoms with E-state index in [4.69, 9.17) is 0 Å². The molecule has 172 valence electrons. The third kappa shape index (κ3) is 4.19. The molecule has 1 saturated carbocycles. The summed E-state index contributed by atoms with van der Waals surface area (Å²) in [6, 6.07) is 16.1. The molecule has 0 radical (unpaired) electrons. The molecule has 5 rings (SSSR count). The van der Waals surface area contributed by atoms with Crippen LogP contribution < -0.4 is 4.90 Å². The van der Waals surface area contributed by atoms with Gasteiger partial charge in [0.1, 0.15) is 17.4 Å². The standard InChI is InChI=1S/C27H27N5O2/c1-18-16-31(27(34)20(15-28)13-19-5-3-2-4-6-19)12-10-22(18)24-14-25(32(17-33)21-7-8-21)30-26-23(24)9-11-29-26/h2-6,9-11,14,17-18,20-21H,7-8,12-13,16H2,1H3,(H,29,30). The van der Waals surface area contributed by atoms with E-state index in [2.05, 4.69) is 29.0 Å². The molecule has 0 bridgehead atoms. The Morgan fingerprint density at radius 3 is 2.79 bits per heavy atom. The van der Waals surface area contributed by atoms with Crippen LogP contribution in [0.25, 0.3) is 16.6 Å². The van der Waals surface area contributed by atoms with E-state index in [-0.39, 0.29) is 17.9 Å². The number of pyridine rings is 1. The SMILES string of the molecule is CC1CN(C(=O)C(C#N)Cc2ccccc2)CC=C1c1cc(N(C=O)C2CC2)nc2[nH]ccc12. The number of fused-ring (bicyclic) bond motifs is 1. The van der Waals surface area contributed by atoms with E-state index in [0.29, 0.717) is 25.3 Å². The minimum absolute atomic E-state index is 0.0766. The molecule has 0 spiro atoms. The van der Waals surface area contributed by atoms with Crippen molar-refractivity contribution in [3.05, 3.63) is 65.9 Å². The van der Waals surface area contributed by atoms with Gasteiger partial charge in [-0.25, -0.2) is 4.98 Å². The average Bonchev–Trinajstić information content (AvgIpc) is 3.58. The van der Waals surface area contributed by atoms with Gasteiger partial charge in [-0.2, -0.15) is 5.26 Å². The molecule has 2 aliphatic rings. The monoisotopic (exact) mass is 453 g/mol. The molecule has 3 aromatic rings. The summed E-state index contributed by atoms with van der Waals surface area (Å²) in [6.45, 7) is 3.09. The van der Waals surface area contributed by atoms with E-state index in [1.807, 2.05) is 48.7 Å². The number of rotatable bonds is 7. The number of carbonyl (C=O) groups excluding carboxylic acids is 2. The molecule has 2 aromatic heterocycles. The number of amides is 2. The summed E-state index contributed by atoms with van der Waals surface area (Å²) in [6.07, 6.45) is 7.22. The zero-order valence-electron chi connectivity index (χ0n) is 19.1. The number of nitriles is 1. The number of aromatic amines is 1. The van der Waals surface area contributed by atoms with Crippen LogP contribution in [0.15, 0.2) is 54.7 Å². The van der Waals surface area contributed by atoms with Crippen LogP contribution in [0.1, 0.15) is 30.9 Å². The second-order valence-corrected chi connectivity index (χ2v) is 9.19. The fourth-order valence-electron chi connectivity index (χ4n) is 4.80. The molecule has 2 amide bonds. The van der Waals surface area contributed by atoms with Gasteiger partial charge in [0.25, 0.3) is 0 Å². The summed E-state index contributed by atoms with van der Waals surface area (Å²) >= 11 is 0. The number of anilines is 1. The van der Waals surface area contributed by atoms with Crippen molar-refractivity contribution in [2.24, 2.45) is 11.8 Å². The van der Waals surface area contributed by atoms with E-state index >= 15 is 0 Å². The van der Waals surface area contributed by atoms with Crippen molar-refractivity contribution in [1.82, 2.24) is 14.9 Å². The first kappa shape index (κ1) is 21.9. The Kier molecular flexibility index (Phi) is 5.89. The Labute approximate surface area is 198 Å². The molecule has 1 aliphatic heterocycles. The van der Waals surface area contributed by atoms with Crippen molar-refractivity contribution in [2.45, 2.75) is 32.2 Å². The second-order valence-electron chi connectivity index (χ2n) is 9.19. The normalized spacial score (nSPS) is 18.8. The topological polar surface area (TPSA) is 93.1 Å². The van der Waals surface area contributed by atoms with Crippen molar-refractivity contribution >= 4 is 34.7 Å². The van der Waals surface area contributed by atoms with Crippen molar-refractivity contribution in [3.8, 4) is 6.07 Å². The largest absolute Gasteiger partial charge is 0.346 e. The predicted octanol–water partition coefficient (Wildman–Crippen LogP) is 3.93. The zero-order valence-corrected chi connectivity index (χ0v) is 19.1. The summed E-state index contributed by atoms with van der Waals surface area (Å²) < 4.78 is 0. The van der Waals surface area contributed by atoms with Crippen LogP contribution in [0.3, 0.4) is 0 Å². The highest BCUT2D eigenvalue weighted by Gasteiger charge is 2.32. The lowest BCUT2D eigenvalue weighted by atomic mass is 9.88. The summed E-state index contributed by atoms with van der Waals surface area (Å²) in [4.78, 5) is 36.3. The van der Waals surface area contributed by atoms with E-state index in [1.54, 1.807) is 9.80 Å². The molecule has 1 N–H and O–H groups in total. The van der Waals surface area contributed by atoms with Gasteiger partial charge >= 0.3 is 0 Å². The molecule has 1 aliphatic carbocycles. The Morgan fingerprint density at radius 2 is 2.12 bits per heavy atom. The average molecular weight is 454 g/mol. The zero-order chi connectivity index (χ0) is 23.7. The first-order valence-corrected chi connectivity index (χ1v) is 11.7. The second kappa shape index (κ2) is 9.14. The molecule has 2 unspecified atom stereocenters. The molecule has 1 fully saturated rings. The number of hydrogen-bond acceptors (Lipinski definition) is 4. The Bertz CT molecular complexity index is 1290. The molecular weight excluding hydrogens is 426 g/mol. The van der Waals surface area contributed by atoms with Crippen LogP contribution in [0.5, 0.6) is 0 Å². The van der Waals surface area contributed by atoms with E-state index in [9.17, 15) is 14.9 Å². The lowest BCUT2D eigenvalue weighted by Crippen LogP contribution is -2.42. The van der Waals surface area contributed by atoms with Crippen LogP contribution in [0.2, 0.25) is 0 Å². The van der Waals surface area contributed by atoms with E-state index in [0.717, 1.165) is 47.0 Å². The summed E-state index contributed by atoms with van der Waals surface area (Å²) in [5.41, 5.74) is 3.90. The Balaban J connectivity index is 1.41. The van der Waals surface area contributed by atoms with Crippen molar-refractivity contribution in [2.75, 3.05) is 18.0 Å². The number of carbonyl (C=O) groups is 2. The van der Waals surface area contributed by atoms with Gasteiger partial charge in [0, 0.05) is 30.7 Å². The maximum Gasteiger partial charge on any atom is 0.240 e. The highest BCUT2D eigenvalue weighted by Crippen LogP contribution is 2.37. The minimum atomic E-state index is -0.701. The van der Waals surface area contributed by atoms with Crippen LogP contribution in [0.4, 0.5) is 5.82 Å². The smallest absolute Gasteiger partial charge is 0.240 e. The molecule has 3 heterocycles. The van der Waals surface area contributed by atoms with Gasteiger partial charge in [-0.1, -0.05) is 43.3 Å². The summed E-state index contributed by atoms with van der Waals surface area (Å²) in [7, 11) is 0.